The lowest BCUT2D eigenvalue weighted by atomic mass is 10.3. The van der Waals surface area contributed by atoms with Gasteiger partial charge in [-0.15, -0.1) is 0 Å². The fourth-order valence-electron chi connectivity index (χ4n) is 1.71. The molecule has 0 fully saturated rings. The number of aromatic nitrogens is 2. The van der Waals surface area contributed by atoms with E-state index in [4.69, 9.17) is 0 Å². The van der Waals surface area contributed by atoms with E-state index < -0.39 is 0 Å². The number of nitrogens with one attached hydrogen (secondary N) is 2. The molecular formula is C14H16BrFN4. The summed E-state index contributed by atoms with van der Waals surface area (Å²) < 4.78 is 13.9. The van der Waals surface area contributed by atoms with Gasteiger partial charge >= 0.3 is 0 Å². The van der Waals surface area contributed by atoms with Gasteiger partial charge < -0.3 is 10.6 Å². The predicted octanol–water partition coefficient (Wildman–Crippen LogP) is 4.12. The SMILES string of the molecule is CCNc1cc(Nc2ccc(Br)c(F)c2)nc(CC)n1. The Labute approximate surface area is 126 Å². The first-order chi connectivity index (χ1) is 9.62. The Kier molecular flexibility index (Phi) is 4.89. The Morgan fingerprint density at radius 1 is 1.15 bits per heavy atom. The zero-order chi connectivity index (χ0) is 14.5. The van der Waals surface area contributed by atoms with Gasteiger partial charge in [0.15, 0.2) is 0 Å². The second kappa shape index (κ2) is 6.65. The van der Waals surface area contributed by atoms with Crippen LogP contribution in [-0.2, 0) is 6.42 Å². The van der Waals surface area contributed by atoms with E-state index in [9.17, 15) is 4.39 Å². The molecule has 4 nitrogen and oxygen atoms in total. The van der Waals surface area contributed by atoms with Crippen molar-refractivity contribution in [3.8, 4) is 0 Å². The zero-order valence-electron chi connectivity index (χ0n) is 11.4. The molecular weight excluding hydrogens is 323 g/mol. The molecule has 0 saturated carbocycles. The quantitative estimate of drug-likeness (QED) is 0.861. The average Bonchev–Trinajstić information content (AvgIpc) is 2.43. The molecule has 106 valence electrons. The highest BCUT2D eigenvalue weighted by molar-refractivity contribution is 9.10. The third kappa shape index (κ3) is 3.66. The molecule has 2 N–H and O–H groups in total. The van der Waals surface area contributed by atoms with E-state index in [2.05, 4.69) is 36.5 Å². The molecule has 0 aliphatic rings. The van der Waals surface area contributed by atoms with Gasteiger partial charge in [-0.1, -0.05) is 6.92 Å². The molecule has 2 rings (SSSR count). The highest BCUT2D eigenvalue weighted by Gasteiger charge is 2.05. The molecule has 1 aromatic carbocycles. The second-order valence-corrected chi connectivity index (χ2v) is 5.05. The van der Waals surface area contributed by atoms with Crippen LogP contribution in [0.1, 0.15) is 19.7 Å². The minimum atomic E-state index is -0.313. The average molecular weight is 339 g/mol. The largest absolute Gasteiger partial charge is 0.370 e. The Hall–Kier alpha value is -1.69. The van der Waals surface area contributed by atoms with Gasteiger partial charge in [-0.3, -0.25) is 0 Å². The van der Waals surface area contributed by atoms with Gasteiger partial charge in [0.05, 0.1) is 4.47 Å². The van der Waals surface area contributed by atoms with Crippen LogP contribution in [0.15, 0.2) is 28.7 Å². The summed E-state index contributed by atoms with van der Waals surface area (Å²) in [4.78, 5) is 8.76. The predicted molar refractivity (Wildman–Crippen MR) is 83.0 cm³/mol. The van der Waals surface area contributed by atoms with Crippen LogP contribution in [0.3, 0.4) is 0 Å². The molecule has 0 unspecified atom stereocenters. The van der Waals surface area contributed by atoms with Crippen molar-refractivity contribution in [3.63, 3.8) is 0 Å². The van der Waals surface area contributed by atoms with Gasteiger partial charge in [0, 0.05) is 24.7 Å². The van der Waals surface area contributed by atoms with Crippen LogP contribution in [0.4, 0.5) is 21.7 Å². The molecule has 0 spiro atoms. The maximum Gasteiger partial charge on any atom is 0.139 e. The first kappa shape index (κ1) is 14.7. The van der Waals surface area contributed by atoms with Crippen molar-refractivity contribution in [2.75, 3.05) is 17.2 Å². The Morgan fingerprint density at radius 2 is 1.90 bits per heavy atom. The van der Waals surface area contributed by atoms with Gasteiger partial charge in [-0.05, 0) is 41.1 Å². The molecule has 0 saturated heterocycles. The first-order valence-corrected chi connectivity index (χ1v) is 7.25. The second-order valence-electron chi connectivity index (χ2n) is 4.19. The molecule has 1 aromatic heterocycles. The zero-order valence-corrected chi connectivity index (χ0v) is 13.0. The standard InChI is InChI=1S/C14H16BrFN4/c1-3-12-19-13(17-4-2)8-14(20-12)18-9-5-6-10(15)11(16)7-9/h5-8H,3-4H2,1-2H3,(H2,17,18,19,20). The molecule has 0 amide bonds. The number of hydrogen-bond donors (Lipinski definition) is 2. The van der Waals surface area contributed by atoms with E-state index in [1.807, 2.05) is 19.9 Å². The van der Waals surface area contributed by atoms with Crippen LogP contribution in [0.5, 0.6) is 0 Å². The van der Waals surface area contributed by atoms with Crippen LogP contribution in [0.25, 0.3) is 0 Å². The minimum absolute atomic E-state index is 0.313. The number of halogens is 2. The molecule has 0 bridgehead atoms. The summed E-state index contributed by atoms with van der Waals surface area (Å²) in [6, 6.07) is 6.67. The highest BCUT2D eigenvalue weighted by atomic mass is 79.9. The lowest BCUT2D eigenvalue weighted by molar-refractivity contribution is 0.622. The summed E-state index contributed by atoms with van der Waals surface area (Å²) in [5, 5.41) is 6.25. The molecule has 20 heavy (non-hydrogen) atoms. The van der Waals surface area contributed by atoms with E-state index in [1.54, 1.807) is 12.1 Å². The highest BCUT2D eigenvalue weighted by Crippen LogP contribution is 2.22. The van der Waals surface area contributed by atoms with Crippen molar-refractivity contribution in [3.05, 3.63) is 40.4 Å². The lowest BCUT2D eigenvalue weighted by Gasteiger charge is -2.10. The van der Waals surface area contributed by atoms with Crippen molar-refractivity contribution < 1.29 is 4.39 Å². The Bertz CT molecular complexity index is 604. The Morgan fingerprint density at radius 3 is 2.55 bits per heavy atom. The minimum Gasteiger partial charge on any atom is -0.370 e. The first-order valence-electron chi connectivity index (χ1n) is 6.46. The molecule has 0 atom stereocenters. The maximum atomic E-state index is 13.5. The van der Waals surface area contributed by atoms with Crippen LogP contribution in [-0.4, -0.2) is 16.5 Å². The smallest absolute Gasteiger partial charge is 0.139 e. The molecule has 0 aliphatic carbocycles. The number of nitrogens with zero attached hydrogens (tertiary/aromatic N) is 2. The summed E-state index contributed by atoms with van der Waals surface area (Å²) in [7, 11) is 0. The number of hydrogen-bond acceptors (Lipinski definition) is 4. The molecule has 0 aliphatic heterocycles. The van der Waals surface area contributed by atoms with E-state index in [0.717, 1.165) is 24.6 Å². The van der Waals surface area contributed by atoms with Crippen molar-refractivity contribution >= 4 is 33.3 Å². The van der Waals surface area contributed by atoms with Gasteiger partial charge in [-0.25, -0.2) is 14.4 Å². The van der Waals surface area contributed by atoms with Crippen molar-refractivity contribution in [1.29, 1.82) is 0 Å². The molecule has 1 heterocycles. The summed E-state index contributed by atoms with van der Waals surface area (Å²) in [5.74, 6) is 1.84. The van der Waals surface area contributed by atoms with Gasteiger partial charge in [0.2, 0.25) is 0 Å². The van der Waals surface area contributed by atoms with Crippen molar-refractivity contribution in [2.45, 2.75) is 20.3 Å². The van der Waals surface area contributed by atoms with Gasteiger partial charge in [-0.2, -0.15) is 0 Å². The summed E-state index contributed by atoms with van der Waals surface area (Å²) in [6.07, 6.45) is 0.739. The summed E-state index contributed by atoms with van der Waals surface area (Å²) in [6.45, 7) is 4.78. The van der Waals surface area contributed by atoms with Gasteiger partial charge in [0.25, 0.3) is 0 Å². The third-order valence-electron chi connectivity index (χ3n) is 2.64. The fraction of sp³-hybridized carbons (Fsp3) is 0.286. The normalized spacial score (nSPS) is 10.4. The molecule has 6 heteroatoms. The lowest BCUT2D eigenvalue weighted by Crippen LogP contribution is -2.05. The van der Waals surface area contributed by atoms with Crippen molar-refractivity contribution in [1.82, 2.24) is 9.97 Å². The number of anilines is 3. The third-order valence-corrected chi connectivity index (χ3v) is 3.28. The maximum absolute atomic E-state index is 13.5. The monoisotopic (exact) mass is 338 g/mol. The van der Waals surface area contributed by atoms with Crippen LogP contribution < -0.4 is 10.6 Å². The van der Waals surface area contributed by atoms with E-state index in [1.165, 1.54) is 6.07 Å². The Balaban J connectivity index is 2.27. The van der Waals surface area contributed by atoms with E-state index in [0.29, 0.717) is 16.0 Å². The topological polar surface area (TPSA) is 49.8 Å². The molecule has 0 radical (unpaired) electrons. The van der Waals surface area contributed by atoms with Crippen LogP contribution in [0.2, 0.25) is 0 Å². The van der Waals surface area contributed by atoms with E-state index in [-0.39, 0.29) is 5.82 Å². The fourth-order valence-corrected chi connectivity index (χ4v) is 1.96. The number of rotatable bonds is 5. The van der Waals surface area contributed by atoms with Crippen LogP contribution in [0, 0.1) is 5.82 Å². The number of benzene rings is 1. The molecule has 2 aromatic rings. The summed E-state index contributed by atoms with van der Waals surface area (Å²) >= 11 is 3.13. The summed E-state index contributed by atoms with van der Waals surface area (Å²) in [5.41, 5.74) is 0.647. The van der Waals surface area contributed by atoms with Crippen LogP contribution >= 0.6 is 15.9 Å². The number of aryl methyl sites for hydroxylation is 1. The van der Waals surface area contributed by atoms with E-state index >= 15 is 0 Å². The van der Waals surface area contributed by atoms with Crippen molar-refractivity contribution in [2.24, 2.45) is 0 Å². The van der Waals surface area contributed by atoms with Gasteiger partial charge in [0.1, 0.15) is 23.3 Å².